The number of allylic oxidation sites excluding steroid dienone is 2. The van der Waals surface area contributed by atoms with Gasteiger partial charge in [0.25, 0.3) is 0 Å². The number of pyridine rings is 1. The van der Waals surface area contributed by atoms with E-state index in [9.17, 15) is 4.79 Å². The zero-order valence-corrected chi connectivity index (χ0v) is 14.4. The van der Waals surface area contributed by atoms with Crippen molar-refractivity contribution in [3.63, 3.8) is 0 Å². The number of Topliss-reactive ketones (excluding diaryl/α,β-unsaturated/α-hetero) is 1. The van der Waals surface area contributed by atoms with Gasteiger partial charge in [0.15, 0.2) is 5.78 Å². The van der Waals surface area contributed by atoms with Gasteiger partial charge < -0.3 is 10.6 Å². The number of rotatable bonds is 7. The van der Waals surface area contributed by atoms with Crippen molar-refractivity contribution in [2.24, 2.45) is 4.99 Å². The van der Waals surface area contributed by atoms with Gasteiger partial charge in [-0.3, -0.25) is 9.79 Å². The van der Waals surface area contributed by atoms with E-state index in [0.717, 1.165) is 29.0 Å². The summed E-state index contributed by atoms with van der Waals surface area (Å²) in [5, 5.41) is 6.11. The minimum absolute atomic E-state index is 0.101. The predicted octanol–water partition coefficient (Wildman–Crippen LogP) is 3.04. The van der Waals surface area contributed by atoms with Crippen LogP contribution in [0.3, 0.4) is 0 Å². The Bertz CT molecular complexity index is 603. The maximum atomic E-state index is 12.3. The van der Waals surface area contributed by atoms with E-state index < -0.39 is 0 Å². The third kappa shape index (κ3) is 3.93. The Labute approximate surface area is 132 Å². The van der Waals surface area contributed by atoms with Crippen molar-refractivity contribution in [1.82, 2.24) is 10.3 Å². The molecule has 0 spiro atoms. The summed E-state index contributed by atoms with van der Waals surface area (Å²) in [6, 6.07) is 1.88. The average Bonchev–Trinajstić information content (AvgIpc) is 2.54. The molecule has 1 aromatic rings. The lowest BCUT2D eigenvalue weighted by atomic mass is 9.99. The number of nitrogens with one attached hydrogen (secondary N) is 2. The molecule has 0 aromatic carbocycles. The number of aliphatic imine (C=N–C) groups is 1. The Kier molecular flexibility index (Phi) is 6.76. The molecule has 0 amide bonds. The molecule has 0 bridgehead atoms. The molecule has 0 saturated carbocycles. The van der Waals surface area contributed by atoms with Gasteiger partial charge in [-0.05, 0) is 31.9 Å². The second-order valence-electron chi connectivity index (χ2n) is 5.12. The largest absolute Gasteiger partial charge is 0.391 e. The first-order valence-corrected chi connectivity index (χ1v) is 7.53. The lowest BCUT2D eigenvalue weighted by molar-refractivity contribution is 0.0982. The Morgan fingerprint density at radius 1 is 1.32 bits per heavy atom. The summed E-state index contributed by atoms with van der Waals surface area (Å²) >= 11 is 0. The SMILES string of the molecule is CCCC(=O)c1cc(C(=NC)/C(C)=C(\C)NC)cnc1NC. The summed E-state index contributed by atoms with van der Waals surface area (Å²) < 4.78 is 0. The molecule has 0 aliphatic rings. The highest BCUT2D eigenvalue weighted by Crippen LogP contribution is 2.20. The molecular weight excluding hydrogens is 276 g/mol. The number of anilines is 1. The highest BCUT2D eigenvalue weighted by atomic mass is 16.1. The van der Waals surface area contributed by atoms with Crippen molar-refractivity contribution in [2.45, 2.75) is 33.6 Å². The monoisotopic (exact) mass is 302 g/mol. The number of carbonyl (C=O) groups is 1. The van der Waals surface area contributed by atoms with Gasteiger partial charge in [0, 0.05) is 45.0 Å². The fourth-order valence-corrected chi connectivity index (χ4v) is 2.25. The highest BCUT2D eigenvalue weighted by molar-refractivity contribution is 6.14. The first-order chi connectivity index (χ1) is 10.5. The molecule has 0 fully saturated rings. The van der Waals surface area contributed by atoms with Crippen LogP contribution in [-0.2, 0) is 0 Å². The van der Waals surface area contributed by atoms with Crippen LogP contribution in [0.1, 0.15) is 49.5 Å². The van der Waals surface area contributed by atoms with E-state index >= 15 is 0 Å². The summed E-state index contributed by atoms with van der Waals surface area (Å²) in [6.45, 7) is 6.00. The number of nitrogens with zero attached hydrogens (tertiary/aromatic N) is 2. The van der Waals surface area contributed by atoms with E-state index in [2.05, 4.69) is 20.6 Å². The molecule has 1 aromatic heterocycles. The van der Waals surface area contributed by atoms with Crippen LogP contribution in [0.5, 0.6) is 0 Å². The number of carbonyl (C=O) groups excluding carboxylic acids is 1. The fraction of sp³-hybridized carbons (Fsp3) is 0.471. The molecule has 5 heteroatoms. The second-order valence-corrected chi connectivity index (χ2v) is 5.12. The van der Waals surface area contributed by atoms with E-state index in [-0.39, 0.29) is 5.78 Å². The minimum Gasteiger partial charge on any atom is -0.391 e. The average molecular weight is 302 g/mol. The zero-order valence-electron chi connectivity index (χ0n) is 14.4. The van der Waals surface area contributed by atoms with Crippen molar-refractivity contribution in [3.05, 3.63) is 34.7 Å². The number of aromatic nitrogens is 1. The van der Waals surface area contributed by atoms with Crippen molar-refractivity contribution in [3.8, 4) is 0 Å². The Balaban J connectivity index is 3.37. The lowest BCUT2D eigenvalue weighted by Crippen LogP contribution is -2.14. The van der Waals surface area contributed by atoms with Gasteiger partial charge in [0.1, 0.15) is 5.82 Å². The maximum absolute atomic E-state index is 12.3. The molecule has 22 heavy (non-hydrogen) atoms. The Hall–Kier alpha value is -2.17. The standard InChI is InChI=1S/C17H26N4O/c1-7-8-15(22)14-9-13(10-21-17(14)20-6)16(19-5)11(2)12(3)18-4/h9-10,18H,7-8H2,1-6H3,(H,20,21)/b12-11+,19-16?. The van der Waals surface area contributed by atoms with E-state index in [1.54, 1.807) is 20.3 Å². The summed E-state index contributed by atoms with van der Waals surface area (Å²) in [7, 11) is 5.40. The van der Waals surface area contributed by atoms with Crippen LogP contribution in [0.2, 0.25) is 0 Å². The zero-order chi connectivity index (χ0) is 16.7. The summed E-state index contributed by atoms with van der Waals surface area (Å²) in [5.74, 6) is 0.716. The topological polar surface area (TPSA) is 66.4 Å². The van der Waals surface area contributed by atoms with Gasteiger partial charge in [-0.15, -0.1) is 0 Å². The van der Waals surface area contributed by atoms with Crippen LogP contribution in [0, 0.1) is 0 Å². The van der Waals surface area contributed by atoms with E-state index in [4.69, 9.17) is 0 Å². The fourth-order valence-electron chi connectivity index (χ4n) is 2.25. The molecule has 0 radical (unpaired) electrons. The molecule has 120 valence electrons. The lowest BCUT2D eigenvalue weighted by Gasteiger charge is -2.13. The molecule has 0 unspecified atom stereocenters. The summed E-state index contributed by atoms with van der Waals surface area (Å²) in [6.07, 6.45) is 3.09. The van der Waals surface area contributed by atoms with Gasteiger partial charge >= 0.3 is 0 Å². The van der Waals surface area contributed by atoms with Crippen LogP contribution in [-0.4, -0.2) is 37.6 Å². The number of hydrogen-bond acceptors (Lipinski definition) is 5. The Morgan fingerprint density at radius 3 is 2.50 bits per heavy atom. The third-order valence-corrected chi connectivity index (χ3v) is 3.69. The van der Waals surface area contributed by atoms with Crippen LogP contribution in [0.4, 0.5) is 5.82 Å². The van der Waals surface area contributed by atoms with Crippen molar-refractivity contribution in [2.75, 3.05) is 26.5 Å². The molecule has 1 rings (SSSR count). The van der Waals surface area contributed by atoms with Gasteiger partial charge in [-0.2, -0.15) is 0 Å². The van der Waals surface area contributed by atoms with Crippen molar-refractivity contribution < 1.29 is 4.79 Å². The first kappa shape index (κ1) is 17.9. The number of hydrogen-bond donors (Lipinski definition) is 2. The normalized spacial score (nSPS) is 12.7. The quantitative estimate of drug-likeness (QED) is 0.600. The molecule has 0 aliphatic heterocycles. The predicted molar refractivity (Wildman–Crippen MR) is 92.9 cm³/mol. The molecular formula is C17H26N4O. The minimum atomic E-state index is 0.101. The third-order valence-electron chi connectivity index (χ3n) is 3.69. The molecule has 0 saturated heterocycles. The maximum Gasteiger partial charge on any atom is 0.166 e. The van der Waals surface area contributed by atoms with Crippen LogP contribution >= 0.6 is 0 Å². The Morgan fingerprint density at radius 2 is 2.00 bits per heavy atom. The van der Waals surface area contributed by atoms with Gasteiger partial charge in [-0.25, -0.2) is 4.98 Å². The first-order valence-electron chi connectivity index (χ1n) is 7.53. The van der Waals surface area contributed by atoms with Gasteiger partial charge in [0.2, 0.25) is 0 Å². The highest BCUT2D eigenvalue weighted by Gasteiger charge is 2.15. The van der Waals surface area contributed by atoms with Crippen molar-refractivity contribution >= 4 is 17.3 Å². The number of ketones is 1. The molecule has 1 heterocycles. The summed E-state index contributed by atoms with van der Waals surface area (Å²) in [5.41, 5.74) is 4.40. The van der Waals surface area contributed by atoms with E-state index in [1.165, 1.54) is 0 Å². The summed E-state index contributed by atoms with van der Waals surface area (Å²) in [4.78, 5) is 21.1. The van der Waals surface area contributed by atoms with Gasteiger partial charge in [-0.1, -0.05) is 6.92 Å². The van der Waals surface area contributed by atoms with Gasteiger partial charge in [0.05, 0.1) is 11.3 Å². The van der Waals surface area contributed by atoms with Crippen LogP contribution < -0.4 is 10.6 Å². The smallest absolute Gasteiger partial charge is 0.166 e. The second kappa shape index (κ2) is 8.32. The molecule has 0 aliphatic carbocycles. The van der Waals surface area contributed by atoms with Crippen molar-refractivity contribution in [1.29, 1.82) is 0 Å². The van der Waals surface area contributed by atoms with Crippen LogP contribution in [0.25, 0.3) is 0 Å². The van der Waals surface area contributed by atoms with E-state index in [1.807, 2.05) is 33.9 Å². The van der Waals surface area contributed by atoms with Crippen LogP contribution in [0.15, 0.2) is 28.5 Å². The molecule has 2 N–H and O–H groups in total. The molecule has 5 nitrogen and oxygen atoms in total. The molecule has 0 atom stereocenters. The van der Waals surface area contributed by atoms with E-state index in [0.29, 0.717) is 17.8 Å².